The summed E-state index contributed by atoms with van der Waals surface area (Å²) in [5.74, 6) is -0.461. The Labute approximate surface area is 181 Å². The number of nitrogens with zero attached hydrogens (tertiary/aromatic N) is 1. The first-order chi connectivity index (χ1) is 14.5. The van der Waals surface area contributed by atoms with Gasteiger partial charge in [0.25, 0.3) is 10.0 Å². The van der Waals surface area contributed by atoms with Crippen molar-refractivity contribution < 1.29 is 22.4 Å². The standard InChI is InChI=1S/C22H26FN3O4S/c1-15(27)26-11-10-16-12-20(9-4-17(16)13-26)31(29,30)25-19-7-5-18(6-8-19)24-21(28)22(2,3)14-23/h4-9,12,25H,10-11,13-14H2,1-3H3,(H,24,28). The largest absolute Gasteiger partial charge is 0.338 e. The average Bonchev–Trinajstić information content (AvgIpc) is 2.74. The van der Waals surface area contributed by atoms with Crippen LogP contribution in [-0.4, -0.2) is 38.4 Å². The molecule has 9 heteroatoms. The summed E-state index contributed by atoms with van der Waals surface area (Å²) >= 11 is 0. The summed E-state index contributed by atoms with van der Waals surface area (Å²) in [5, 5.41) is 2.62. The van der Waals surface area contributed by atoms with E-state index in [0.717, 1.165) is 11.1 Å². The van der Waals surface area contributed by atoms with E-state index in [0.29, 0.717) is 30.9 Å². The molecular formula is C22H26FN3O4S. The van der Waals surface area contributed by atoms with E-state index in [2.05, 4.69) is 10.0 Å². The van der Waals surface area contributed by atoms with Crippen LogP contribution >= 0.6 is 0 Å². The molecule has 0 aromatic heterocycles. The van der Waals surface area contributed by atoms with Crippen molar-refractivity contribution in [2.75, 3.05) is 23.3 Å². The van der Waals surface area contributed by atoms with Crippen LogP contribution in [0.3, 0.4) is 0 Å². The Morgan fingerprint density at radius 3 is 2.32 bits per heavy atom. The van der Waals surface area contributed by atoms with E-state index >= 15 is 0 Å². The zero-order valence-corrected chi connectivity index (χ0v) is 18.6. The number of alkyl halides is 1. The summed E-state index contributed by atoms with van der Waals surface area (Å²) in [6.45, 7) is 4.77. The summed E-state index contributed by atoms with van der Waals surface area (Å²) in [6, 6.07) is 11.1. The number of nitrogens with one attached hydrogen (secondary N) is 2. The number of fused-ring (bicyclic) bond motifs is 1. The molecule has 7 nitrogen and oxygen atoms in total. The molecule has 3 rings (SSSR count). The van der Waals surface area contributed by atoms with Gasteiger partial charge in [-0.2, -0.15) is 0 Å². The second-order valence-corrected chi connectivity index (χ2v) is 9.96. The molecule has 0 fully saturated rings. The Hall–Kier alpha value is -2.94. The predicted octanol–water partition coefficient (Wildman–Crippen LogP) is 3.33. The minimum absolute atomic E-state index is 0.00286. The number of carbonyl (C=O) groups excluding carboxylic acids is 2. The maximum atomic E-state index is 12.9. The van der Waals surface area contributed by atoms with Gasteiger partial charge in [-0.15, -0.1) is 0 Å². The number of hydrogen-bond acceptors (Lipinski definition) is 4. The monoisotopic (exact) mass is 447 g/mol. The smallest absolute Gasteiger partial charge is 0.261 e. The van der Waals surface area contributed by atoms with Gasteiger partial charge in [0.1, 0.15) is 6.67 Å². The molecule has 0 unspecified atom stereocenters. The molecule has 2 aromatic rings. The van der Waals surface area contributed by atoms with Gasteiger partial charge < -0.3 is 10.2 Å². The van der Waals surface area contributed by atoms with Crippen molar-refractivity contribution in [2.24, 2.45) is 5.41 Å². The molecule has 31 heavy (non-hydrogen) atoms. The molecule has 2 amide bonds. The second-order valence-electron chi connectivity index (χ2n) is 8.28. The van der Waals surface area contributed by atoms with Crippen LogP contribution in [0.5, 0.6) is 0 Å². The van der Waals surface area contributed by atoms with Gasteiger partial charge in [0.05, 0.1) is 10.3 Å². The molecule has 1 aliphatic rings. The van der Waals surface area contributed by atoms with E-state index in [-0.39, 0.29) is 10.8 Å². The van der Waals surface area contributed by atoms with Gasteiger partial charge in [-0.3, -0.25) is 14.3 Å². The normalized spacial score (nSPS) is 14.0. The minimum atomic E-state index is -3.81. The fourth-order valence-corrected chi connectivity index (χ4v) is 4.27. The third-order valence-electron chi connectivity index (χ3n) is 5.29. The summed E-state index contributed by atoms with van der Waals surface area (Å²) in [4.78, 5) is 25.5. The average molecular weight is 448 g/mol. The highest BCUT2D eigenvalue weighted by Gasteiger charge is 2.27. The number of carbonyl (C=O) groups is 2. The van der Waals surface area contributed by atoms with Crippen molar-refractivity contribution in [1.82, 2.24) is 4.90 Å². The lowest BCUT2D eigenvalue weighted by Crippen LogP contribution is -2.34. The number of anilines is 2. The van der Waals surface area contributed by atoms with E-state index in [1.165, 1.54) is 39.0 Å². The Bertz CT molecular complexity index is 1100. The maximum absolute atomic E-state index is 12.9. The van der Waals surface area contributed by atoms with Crippen molar-refractivity contribution in [3.8, 4) is 0 Å². The molecule has 0 saturated carbocycles. The molecule has 166 valence electrons. The van der Waals surface area contributed by atoms with Gasteiger partial charge in [0.2, 0.25) is 11.8 Å². The third-order valence-corrected chi connectivity index (χ3v) is 6.67. The first-order valence-electron chi connectivity index (χ1n) is 9.89. The Morgan fingerprint density at radius 1 is 1.06 bits per heavy atom. The lowest BCUT2D eigenvalue weighted by Gasteiger charge is -2.28. The van der Waals surface area contributed by atoms with E-state index < -0.39 is 28.0 Å². The molecule has 1 aliphatic heterocycles. The van der Waals surface area contributed by atoms with Crippen LogP contribution in [0.4, 0.5) is 15.8 Å². The molecule has 2 aromatic carbocycles. The fourth-order valence-electron chi connectivity index (χ4n) is 3.16. The first kappa shape index (κ1) is 22.7. The van der Waals surface area contributed by atoms with Gasteiger partial charge in [-0.1, -0.05) is 6.07 Å². The molecular weight excluding hydrogens is 421 g/mol. The summed E-state index contributed by atoms with van der Waals surface area (Å²) in [6.07, 6.45) is 0.599. The van der Waals surface area contributed by atoms with Crippen LogP contribution in [0.1, 0.15) is 31.9 Å². The van der Waals surface area contributed by atoms with E-state index in [9.17, 15) is 22.4 Å². The lowest BCUT2D eigenvalue weighted by atomic mass is 9.94. The van der Waals surface area contributed by atoms with E-state index in [4.69, 9.17) is 0 Å². The minimum Gasteiger partial charge on any atom is -0.338 e. The highest BCUT2D eigenvalue weighted by atomic mass is 32.2. The number of hydrogen-bond donors (Lipinski definition) is 2. The number of benzene rings is 2. The molecule has 0 radical (unpaired) electrons. The van der Waals surface area contributed by atoms with E-state index in [1.54, 1.807) is 29.2 Å². The van der Waals surface area contributed by atoms with E-state index in [1.807, 2.05) is 0 Å². The van der Waals surface area contributed by atoms with Crippen LogP contribution < -0.4 is 10.0 Å². The number of amides is 2. The van der Waals surface area contributed by atoms with Crippen LogP contribution in [0.2, 0.25) is 0 Å². The zero-order valence-electron chi connectivity index (χ0n) is 17.7. The summed E-state index contributed by atoms with van der Waals surface area (Å²) in [7, 11) is -3.81. The van der Waals surface area contributed by atoms with Crippen LogP contribution in [0.15, 0.2) is 47.4 Å². The SMILES string of the molecule is CC(=O)N1CCc2cc(S(=O)(=O)Nc3ccc(NC(=O)C(C)(C)CF)cc3)ccc2C1. The third kappa shape index (κ3) is 5.22. The lowest BCUT2D eigenvalue weighted by molar-refractivity contribution is -0.129. The summed E-state index contributed by atoms with van der Waals surface area (Å²) < 4.78 is 41.1. The van der Waals surface area contributed by atoms with Crippen LogP contribution in [0, 0.1) is 5.41 Å². The highest BCUT2D eigenvalue weighted by molar-refractivity contribution is 7.92. The number of sulfonamides is 1. The number of halogens is 1. The predicted molar refractivity (Wildman–Crippen MR) is 117 cm³/mol. The van der Waals surface area contributed by atoms with Gasteiger partial charge in [0, 0.05) is 31.4 Å². The molecule has 0 spiro atoms. The first-order valence-corrected chi connectivity index (χ1v) is 11.4. The quantitative estimate of drug-likeness (QED) is 0.710. The Kier molecular flexibility index (Phi) is 6.35. The van der Waals surface area contributed by atoms with Gasteiger partial charge in [0.15, 0.2) is 0 Å². The Balaban J connectivity index is 1.71. The molecule has 0 aliphatic carbocycles. The van der Waals surface area contributed by atoms with Crippen molar-refractivity contribution in [2.45, 2.75) is 38.6 Å². The molecule has 0 bridgehead atoms. The van der Waals surface area contributed by atoms with Crippen molar-refractivity contribution in [3.05, 3.63) is 53.6 Å². The van der Waals surface area contributed by atoms with Gasteiger partial charge in [-0.05, 0) is 67.8 Å². The zero-order chi connectivity index (χ0) is 22.8. The molecule has 0 saturated heterocycles. The van der Waals surface area contributed by atoms with Crippen molar-refractivity contribution >= 4 is 33.2 Å². The number of rotatable bonds is 6. The Morgan fingerprint density at radius 2 is 1.71 bits per heavy atom. The molecule has 0 atom stereocenters. The molecule has 1 heterocycles. The van der Waals surface area contributed by atoms with Gasteiger partial charge >= 0.3 is 0 Å². The highest BCUT2D eigenvalue weighted by Crippen LogP contribution is 2.25. The second kappa shape index (κ2) is 8.66. The van der Waals surface area contributed by atoms with Crippen molar-refractivity contribution in [3.63, 3.8) is 0 Å². The van der Waals surface area contributed by atoms with Crippen LogP contribution in [0.25, 0.3) is 0 Å². The molecule has 2 N–H and O–H groups in total. The van der Waals surface area contributed by atoms with Crippen LogP contribution in [-0.2, 0) is 32.6 Å². The maximum Gasteiger partial charge on any atom is 0.261 e. The van der Waals surface area contributed by atoms with Gasteiger partial charge in [-0.25, -0.2) is 12.8 Å². The fraction of sp³-hybridized carbons (Fsp3) is 0.364. The topological polar surface area (TPSA) is 95.6 Å². The van der Waals surface area contributed by atoms with Crippen molar-refractivity contribution in [1.29, 1.82) is 0 Å². The summed E-state index contributed by atoms with van der Waals surface area (Å²) in [5.41, 5.74) is 1.49.